The molecule has 25 heavy (non-hydrogen) atoms. The molecule has 0 aliphatic rings. The van der Waals surface area contributed by atoms with E-state index >= 15 is 0 Å². The second kappa shape index (κ2) is 6.81. The zero-order valence-corrected chi connectivity index (χ0v) is 14.5. The standard InChI is InChI=1S/C20H20N2O3/c1-4-25-19(23)17-7-5-6-8-18(17)22-15(3)13-21(20(22)24)16-11-9-14(2)10-12-16/h5-13H,4H2,1-3H3. The van der Waals surface area contributed by atoms with Crippen LogP contribution in [0.4, 0.5) is 0 Å². The fraction of sp³-hybridized carbons (Fsp3) is 0.200. The van der Waals surface area contributed by atoms with Gasteiger partial charge in [-0.2, -0.15) is 0 Å². The first-order valence-corrected chi connectivity index (χ1v) is 8.17. The first-order valence-electron chi connectivity index (χ1n) is 8.17. The molecule has 0 amide bonds. The van der Waals surface area contributed by atoms with Crippen molar-refractivity contribution in [3.63, 3.8) is 0 Å². The summed E-state index contributed by atoms with van der Waals surface area (Å²) in [6.07, 6.45) is 1.77. The Hall–Kier alpha value is -3.08. The molecule has 0 bridgehead atoms. The third-order valence-corrected chi connectivity index (χ3v) is 4.02. The van der Waals surface area contributed by atoms with Gasteiger partial charge in [0.15, 0.2) is 0 Å². The summed E-state index contributed by atoms with van der Waals surface area (Å²) in [5.41, 5.74) is 3.32. The zero-order chi connectivity index (χ0) is 18.0. The van der Waals surface area contributed by atoms with E-state index in [0.29, 0.717) is 11.3 Å². The van der Waals surface area contributed by atoms with E-state index in [-0.39, 0.29) is 12.3 Å². The number of nitrogens with zero attached hydrogens (tertiary/aromatic N) is 2. The van der Waals surface area contributed by atoms with Crippen LogP contribution in [-0.2, 0) is 4.74 Å². The first-order chi connectivity index (χ1) is 12.0. The molecule has 0 N–H and O–H groups in total. The third kappa shape index (κ3) is 3.13. The maximum absolute atomic E-state index is 13.0. The van der Waals surface area contributed by atoms with Crippen LogP contribution < -0.4 is 5.69 Å². The van der Waals surface area contributed by atoms with Gasteiger partial charge in [-0.3, -0.25) is 9.13 Å². The van der Waals surface area contributed by atoms with E-state index in [9.17, 15) is 9.59 Å². The average molecular weight is 336 g/mol. The van der Waals surface area contributed by atoms with Crippen molar-refractivity contribution in [3.05, 3.63) is 82.0 Å². The lowest BCUT2D eigenvalue weighted by molar-refractivity contribution is 0.0526. The molecule has 0 aliphatic heterocycles. The van der Waals surface area contributed by atoms with Crippen LogP contribution in [0.2, 0.25) is 0 Å². The topological polar surface area (TPSA) is 53.2 Å². The van der Waals surface area contributed by atoms with Crippen LogP contribution in [0.15, 0.2) is 59.5 Å². The van der Waals surface area contributed by atoms with E-state index in [2.05, 4.69) is 0 Å². The molecule has 5 nitrogen and oxygen atoms in total. The van der Waals surface area contributed by atoms with Crippen LogP contribution in [0.3, 0.4) is 0 Å². The van der Waals surface area contributed by atoms with Gasteiger partial charge in [-0.25, -0.2) is 9.59 Å². The first kappa shape index (κ1) is 16.8. The van der Waals surface area contributed by atoms with Crippen LogP contribution in [0.25, 0.3) is 11.4 Å². The monoisotopic (exact) mass is 336 g/mol. The fourth-order valence-electron chi connectivity index (χ4n) is 2.79. The minimum atomic E-state index is -0.438. The lowest BCUT2D eigenvalue weighted by atomic mass is 10.1. The van der Waals surface area contributed by atoms with E-state index in [0.717, 1.165) is 16.9 Å². The number of carbonyl (C=O) groups excluding carboxylic acids is 1. The Bertz CT molecular complexity index is 965. The average Bonchev–Trinajstić information content (AvgIpc) is 2.90. The van der Waals surface area contributed by atoms with Gasteiger partial charge in [0.1, 0.15) is 0 Å². The highest BCUT2D eigenvalue weighted by molar-refractivity contribution is 5.93. The molecule has 0 spiro atoms. The molecule has 0 unspecified atom stereocenters. The molecule has 128 valence electrons. The number of para-hydroxylation sites is 1. The quantitative estimate of drug-likeness (QED) is 0.686. The second-order valence-corrected chi connectivity index (χ2v) is 5.83. The Labute approximate surface area is 146 Å². The van der Waals surface area contributed by atoms with Crippen LogP contribution in [0.1, 0.15) is 28.5 Å². The van der Waals surface area contributed by atoms with Crippen molar-refractivity contribution < 1.29 is 9.53 Å². The summed E-state index contributed by atoms with van der Waals surface area (Å²) in [6, 6.07) is 14.7. The maximum atomic E-state index is 13.0. The molecule has 0 fully saturated rings. The highest BCUT2D eigenvalue weighted by Gasteiger charge is 2.18. The summed E-state index contributed by atoms with van der Waals surface area (Å²) >= 11 is 0. The zero-order valence-electron chi connectivity index (χ0n) is 14.5. The van der Waals surface area contributed by atoms with Gasteiger partial charge >= 0.3 is 11.7 Å². The van der Waals surface area contributed by atoms with E-state index in [1.807, 2.05) is 38.1 Å². The number of aromatic nitrogens is 2. The second-order valence-electron chi connectivity index (χ2n) is 5.83. The summed E-state index contributed by atoms with van der Waals surface area (Å²) in [6.45, 7) is 5.88. The van der Waals surface area contributed by atoms with Crippen molar-refractivity contribution in [1.29, 1.82) is 0 Å². The van der Waals surface area contributed by atoms with E-state index < -0.39 is 5.97 Å². The minimum absolute atomic E-state index is 0.224. The number of benzene rings is 2. The van der Waals surface area contributed by atoms with Gasteiger partial charge in [-0.15, -0.1) is 0 Å². The smallest absolute Gasteiger partial charge is 0.340 e. The van der Waals surface area contributed by atoms with Crippen LogP contribution in [0, 0.1) is 13.8 Å². The molecule has 1 aromatic heterocycles. The van der Waals surface area contributed by atoms with E-state index in [1.165, 1.54) is 4.57 Å². The Balaban J connectivity index is 2.16. The molecule has 0 aliphatic carbocycles. The summed E-state index contributed by atoms with van der Waals surface area (Å²) in [5, 5.41) is 0. The molecule has 0 saturated heterocycles. The summed E-state index contributed by atoms with van der Waals surface area (Å²) in [7, 11) is 0. The Morgan fingerprint density at radius 3 is 2.40 bits per heavy atom. The van der Waals surface area contributed by atoms with Gasteiger partial charge in [-0.1, -0.05) is 29.8 Å². The summed E-state index contributed by atoms with van der Waals surface area (Å²) < 4.78 is 8.23. The fourth-order valence-corrected chi connectivity index (χ4v) is 2.79. The Morgan fingerprint density at radius 2 is 1.72 bits per heavy atom. The predicted molar refractivity (Wildman–Crippen MR) is 96.8 cm³/mol. The predicted octanol–water partition coefficient (Wildman–Crippen LogP) is 3.42. The van der Waals surface area contributed by atoms with Gasteiger partial charge in [0, 0.05) is 11.9 Å². The molecule has 0 atom stereocenters. The maximum Gasteiger partial charge on any atom is 0.340 e. The van der Waals surface area contributed by atoms with Crippen LogP contribution in [-0.4, -0.2) is 21.7 Å². The molecule has 1 heterocycles. The molecule has 2 aromatic carbocycles. The number of imidazole rings is 1. The number of hydrogen-bond acceptors (Lipinski definition) is 3. The van der Waals surface area contributed by atoms with Crippen molar-refractivity contribution in [3.8, 4) is 11.4 Å². The minimum Gasteiger partial charge on any atom is -0.462 e. The van der Waals surface area contributed by atoms with Crippen LogP contribution in [0.5, 0.6) is 0 Å². The number of ether oxygens (including phenoxy) is 1. The SMILES string of the molecule is CCOC(=O)c1ccccc1-n1c(C)cn(-c2ccc(C)cc2)c1=O. The van der Waals surface area contributed by atoms with Crippen molar-refractivity contribution in [2.24, 2.45) is 0 Å². The molecule has 3 rings (SSSR count). The lowest BCUT2D eigenvalue weighted by Gasteiger charge is -2.10. The molecule has 0 saturated carbocycles. The van der Waals surface area contributed by atoms with Gasteiger partial charge < -0.3 is 4.74 Å². The normalized spacial score (nSPS) is 10.7. The largest absolute Gasteiger partial charge is 0.462 e. The van der Waals surface area contributed by atoms with Crippen molar-refractivity contribution in [2.45, 2.75) is 20.8 Å². The Morgan fingerprint density at radius 1 is 1.04 bits per heavy atom. The number of rotatable bonds is 4. The van der Waals surface area contributed by atoms with Gasteiger partial charge in [0.05, 0.1) is 23.5 Å². The van der Waals surface area contributed by atoms with Gasteiger partial charge in [0.25, 0.3) is 0 Å². The molecular formula is C20H20N2O3. The van der Waals surface area contributed by atoms with Crippen LogP contribution >= 0.6 is 0 Å². The molecule has 5 heteroatoms. The van der Waals surface area contributed by atoms with Gasteiger partial charge in [-0.05, 0) is 45.0 Å². The Kier molecular flexibility index (Phi) is 4.57. The number of esters is 1. The van der Waals surface area contributed by atoms with Crippen molar-refractivity contribution in [2.75, 3.05) is 6.61 Å². The van der Waals surface area contributed by atoms with Gasteiger partial charge in [0.2, 0.25) is 0 Å². The molecule has 0 radical (unpaired) electrons. The molecular weight excluding hydrogens is 316 g/mol. The van der Waals surface area contributed by atoms with E-state index in [4.69, 9.17) is 4.74 Å². The number of aryl methyl sites for hydroxylation is 2. The van der Waals surface area contributed by atoms with E-state index in [1.54, 1.807) is 42.0 Å². The lowest BCUT2D eigenvalue weighted by Crippen LogP contribution is -2.24. The number of hydrogen-bond donors (Lipinski definition) is 0. The third-order valence-electron chi connectivity index (χ3n) is 4.02. The van der Waals surface area contributed by atoms with Crippen molar-refractivity contribution in [1.82, 2.24) is 9.13 Å². The molecule has 3 aromatic rings. The number of carbonyl (C=O) groups is 1. The highest BCUT2D eigenvalue weighted by Crippen LogP contribution is 2.18. The van der Waals surface area contributed by atoms with Crippen molar-refractivity contribution >= 4 is 5.97 Å². The highest BCUT2D eigenvalue weighted by atomic mass is 16.5. The summed E-state index contributed by atoms with van der Waals surface area (Å²) in [5.74, 6) is -0.438. The summed E-state index contributed by atoms with van der Waals surface area (Å²) in [4.78, 5) is 25.2.